The van der Waals surface area contributed by atoms with Gasteiger partial charge < -0.3 is 10.6 Å². The molecular formula is C13H9Cl2FN2S. The van der Waals surface area contributed by atoms with Crippen molar-refractivity contribution in [3.8, 4) is 0 Å². The number of anilines is 2. The Kier molecular flexibility index (Phi) is 4.58. The second kappa shape index (κ2) is 6.19. The molecule has 0 amide bonds. The highest BCUT2D eigenvalue weighted by Crippen LogP contribution is 2.20. The smallest absolute Gasteiger partial charge is 0.175 e. The van der Waals surface area contributed by atoms with E-state index in [1.54, 1.807) is 30.3 Å². The molecule has 0 aliphatic carbocycles. The minimum atomic E-state index is -0.470. The number of halogens is 3. The molecule has 0 bridgehead atoms. The molecule has 0 heterocycles. The number of benzene rings is 2. The van der Waals surface area contributed by atoms with Crippen molar-refractivity contribution in [3.05, 3.63) is 58.3 Å². The number of nitrogens with one attached hydrogen (secondary N) is 2. The molecule has 6 heteroatoms. The van der Waals surface area contributed by atoms with E-state index in [2.05, 4.69) is 10.6 Å². The summed E-state index contributed by atoms with van der Waals surface area (Å²) in [6.07, 6.45) is 0. The molecular weight excluding hydrogens is 306 g/mol. The van der Waals surface area contributed by atoms with Crippen molar-refractivity contribution in [1.82, 2.24) is 0 Å². The first-order valence-electron chi connectivity index (χ1n) is 5.33. The summed E-state index contributed by atoms with van der Waals surface area (Å²) in [5, 5.41) is 6.84. The summed E-state index contributed by atoms with van der Waals surface area (Å²) < 4.78 is 13.6. The lowest BCUT2D eigenvalue weighted by molar-refractivity contribution is 0.632. The van der Waals surface area contributed by atoms with Crippen molar-refractivity contribution in [2.24, 2.45) is 0 Å². The van der Waals surface area contributed by atoms with Gasteiger partial charge in [-0.3, -0.25) is 0 Å². The van der Waals surface area contributed by atoms with E-state index in [4.69, 9.17) is 35.4 Å². The summed E-state index contributed by atoms with van der Waals surface area (Å²) >= 11 is 16.6. The Hall–Kier alpha value is -1.36. The molecule has 0 aromatic heterocycles. The molecule has 2 aromatic carbocycles. The van der Waals surface area contributed by atoms with Crippen LogP contribution in [0.3, 0.4) is 0 Å². The van der Waals surface area contributed by atoms with E-state index >= 15 is 0 Å². The van der Waals surface area contributed by atoms with Gasteiger partial charge in [0, 0.05) is 15.7 Å². The molecule has 2 aromatic rings. The summed E-state index contributed by atoms with van der Waals surface area (Å²) in [5.74, 6) is -0.470. The molecule has 0 aliphatic rings. The summed E-state index contributed by atoms with van der Waals surface area (Å²) in [6, 6.07) is 11.4. The number of hydrogen-bond acceptors (Lipinski definition) is 1. The largest absolute Gasteiger partial charge is 0.332 e. The van der Waals surface area contributed by atoms with Crippen LogP contribution in [0, 0.1) is 5.82 Å². The third-order valence-corrected chi connectivity index (χ3v) is 2.94. The minimum Gasteiger partial charge on any atom is -0.332 e. The van der Waals surface area contributed by atoms with Gasteiger partial charge in [-0.25, -0.2) is 4.39 Å². The Morgan fingerprint density at radius 1 is 1.00 bits per heavy atom. The van der Waals surface area contributed by atoms with E-state index in [9.17, 15) is 4.39 Å². The van der Waals surface area contributed by atoms with Crippen LogP contribution in [0.1, 0.15) is 0 Å². The van der Waals surface area contributed by atoms with Crippen molar-refractivity contribution in [2.45, 2.75) is 0 Å². The minimum absolute atomic E-state index is 0.254. The Balaban J connectivity index is 2.05. The van der Waals surface area contributed by atoms with Gasteiger partial charge >= 0.3 is 0 Å². The summed E-state index contributed by atoms with van der Waals surface area (Å²) in [7, 11) is 0. The Morgan fingerprint density at radius 3 is 2.42 bits per heavy atom. The average Bonchev–Trinajstić information content (AvgIpc) is 2.33. The molecule has 0 unspecified atom stereocenters. The SMILES string of the molecule is Fc1cc(Cl)ccc1NC(=S)Nc1cccc(Cl)c1. The summed E-state index contributed by atoms with van der Waals surface area (Å²) in [6.45, 7) is 0. The van der Waals surface area contributed by atoms with Crippen LogP contribution in [-0.2, 0) is 0 Å². The Bertz CT molecular complexity index is 619. The summed E-state index contributed by atoms with van der Waals surface area (Å²) in [4.78, 5) is 0. The molecule has 0 atom stereocenters. The van der Waals surface area contributed by atoms with Gasteiger partial charge in [0.2, 0.25) is 0 Å². The highest BCUT2D eigenvalue weighted by molar-refractivity contribution is 7.80. The fourth-order valence-electron chi connectivity index (χ4n) is 1.44. The highest BCUT2D eigenvalue weighted by atomic mass is 35.5. The van der Waals surface area contributed by atoms with Gasteiger partial charge in [-0.05, 0) is 48.6 Å². The van der Waals surface area contributed by atoms with Crippen LogP contribution in [0.5, 0.6) is 0 Å². The van der Waals surface area contributed by atoms with Crippen molar-refractivity contribution in [1.29, 1.82) is 0 Å². The van der Waals surface area contributed by atoms with E-state index in [-0.39, 0.29) is 10.8 Å². The normalized spacial score (nSPS) is 10.1. The molecule has 0 saturated heterocycles. The molecule has 0 aliphatic heterocycles. The lowest BCUT2D eigenvalue weighted by Gasteiger charge is -2.11. The lowest BCUT2D eigenvalue weighted by Crippen LogP contribution is -2.19. The van der Waals surface area contributed by atoms with Crippen LogP contribution in [0.2, 0.25) is 10.0 Å². The summed E-state index contributed by atoms with van der Waals surface area (Å²) in [5.41, 5.74) is 0.975. The van der Waals surface area contributed by atoms with Crippen LogP contribution in [0.25, 0.3) is 0 Å². The monoisotopic (exact) mass is 314 g/mol. The van der Waals surface area contributed by atoms with Gasteiger partial charge in [-0.1, -0.05) is 29.3 Å². The zero-order valence-corrected chi connectivity index (χ0v) is 11.9. The molecule has 98 valence electrons. The first kappa shape index (κ1) is 14.1. The molecule has 2 nitrogen and oxygen atoms in total. The maximum absolute atomic E-state index is 13.6. The molecule has 0 radical (unpaired) electrons. The van der Waals surface area contributed by atoms with Crippen LogP contribution >= 0.6 is 35.4 Å². The van der Waals surface area contributed by atoms with Gasteiger partial charge in [0.25, 0.3) is 0 Å². The standard InChI is InChI=1S/C13H9Cl2FN2S/c14-8-2-1-3-10(6-8)17-13(19)18-12-5-4-9(15)7-11(12)16/h1-7H,(H2,17,18,19). The van der Waals surface area contributed by atoms with Crippen LogP contribution in [-0.4, -0.2) is 5.11 Å². The van der Waals surface area contributed by atoms with Crippen molar-refractivity contribution < 1.29 is 4.39 Å². The zero-order chi connectivity index (χ0) is 13.8. The maximum atomic E-state index is 13.6. The van der Waals surface area contributed by atoms with Crippen LogP contribution in [0.15, 0.2) is 42.5 Å². The van der Waals surface area contributed by atoms with Gasteiger partial charge in [0.05, 0.1) is 5.69 Å². The Morgan fingerprint density at radius 2 is 1.74 bits per heavy atom. The quantitative estimate of drug-likeness (QED) is 0.768. The molecule has 2 rings (SSSR count). The molecule has 0 spiro atoms. The first-order chi connectivity index (χ1) is 9.04. The van der Waals surface area contributed by atoms with E-state index in [1.165, 1.54) is 12.1 Å². The van der Waals surface area contributed by atoms with Crippen LogP contribution < -0.4 is 10.6 Å². The van der Waals surface area contributed by atoms with Gasteiger partial charge in [-0.2, -0.15) is 0 Å². The van der Waals surface area contributed by atoms with Gasteiger partial charge in [0.15, 0.2) is 5.11 Å². The molecule has 2 N–H and O–H groups in total. The van der Waals surface area contributed by atoms with E-state index < -0.39 is 5.82 Å². The van der Waals surface area contributed by atoms with Crippen LogP contribution in [0.4, 0.5) is 15.8 Å². The van der Waals surface area contributed by atoms with Gasteiger partial charge in [0.1, 0.15) is 5.82 Å². The first-order valence-corrected chi connectivity index (χ1v) is 6.49. The number of thiocarbonyl (C=S) groups is 1. The third kappa shape index (κ3) is 4.06. The fourth-order valence-corrected chi connectivity index (χ4v) is 2.02. The fraction of sp³-hybridized carbons (Fsp3) is 0. The van der Waals surface area contributed by atoms with E-state index in [0.717, 1.165) is 5.69 Å². The van der Waals surface area contributed by atoms with Crippen molar-refractivity contribution >= 4 is 51.9 Å². The lowest BCUT2D eigenvalue weighted by atomic mass is 10.3. The van der Waals surface area contributed by atoms with Gasteiger partial charge in [-0.15, -0.1) is 0 Å². The van der Waals surface area contributed by atoms with Crippen molar-refractivity contribution in [2.75, 3.05) is 10.6 Å². The predicted octanol–water partition coefficient (Wildman–Crippen LogP) is 4.94. The highest BCUT2D eigenvalue weighted by Gasteiger charge is 2.05. The van der Waals surface area contributed by atoms with E-state index in [0.29, 0.717) is 10.0 Å². The molecule has 0 saturated carbocycles. The second-order valence-electron chi connectivity index (χ2n) is 3.71. The Labute approximate surface area is 125 Å². The molecule has 19 heavy (non-hydrogen) atoms. The van der Waals surface area contributed by atoms with Crippen molar-refractivity contribution in [3.63, 3.8) is 0 Å². The second-order valence-corrected chi connectivity index (χ2v) is 4.99. The maximum Gasteiger partial charge on any atom is 0.175 e. The topological polar surface area (TPSA) is 24.1 Å². The zero-order valence-electron chi connectivity index (χ0n) is 9.58. The predicted molar refractivity (Wildman–Crippen MR) is 82.7 cm³/mol. The average molecular weight is 315 g/mol. The third-order valence-electron chi connectivity index (χ3n) is 2.26. The number of hydrogen-bond donors (Lipinski definition) is 2. The molecule has 0 fully saturated rings. The number of rotatable bonds is 2. The van der Waals surface area contributed by atoms with E-state index in [1.807, 2.05) is 0 Å².